The van der Waals surface area contributed by atoms with E-state index in [1.165, 1.54) is 11.1 Å². The second-order valence-corrected chi connectivity index (χ2v) is 14.0. The summed E-state index contributed by atoms with van der Waals surface area (Å²) in [6.45, 7) is 18.1. The maximum atomic E-state index is 11.7. The SMILES string of the molecule is CC(C)=CCC=C(C)[C@H]1CC[C@@]2(C)[C@@H]1[C@H](O)C[C@@H]1[C@@]3(C)CC[C@H](O)C(C)(C)C3[C@@H](O)C[C@]12C. The molecule has 10 atom stereocenters. The van der Waals surface area contributed by atoms with Crippen LogP contribution in [-0.4, -0.2) is 33.6 Å². The Morgan fingerprint density at radius 3 is 2.15 bits per heavy atom. The van der Waals surface area contributed by atoms with Crippen LogP contribution in [0.15, 0.2) is 23.3 Å². The maximum Gasteiger partial charge on any atom is 0.0595 e. The predicted molar refractivity (Wildman–Crippen MR) is 136 cm³/mol. The third-order valence-corrected chi connectivity index (χ3v) is 11.8. The van der Waals surface area contributed by atoms with Gasteiger partial charge in [0.05, 0.1) is 18.3 Å². The first-order valence-electron chi connectivity index (χ1n) is 13.5. The van der Waals surface area contributed by atoms with Crippen LogP contribution in [0.1, 0.15) is 100 Å². The minimum absolute atomic E-state index is 0.00508. The Kier molecular flexibility index (Phi) is 6.33. The van der Waals surface area contributed by atoms with E-state index in [-0.39, 0.29) is 45.7 Å². The molecule has 0 saturated heterocycles. The van der Waals surface area contributed by atoms with Crippen LogP contribution in [-0.2, 0) is 0 Å². The van der Waals surface area contributed by atoms with Crippen LogP contribution in [0.2, 0.25) is 0 Å². The van der Waals surface area contributed by atoms with Gasteiger partial charge in [-0.15, -0.1) is 0 Å². The Bertz CT molecular complexity index is 822. The Morgan fingerprint density at radius 1 is 0.848 bits per heavy atom. The molecule has 0 aromatic heterocycles. The molecule has 33 heavy (non-hydrogen) atoms. The normalized spacial score (nSPS) is 51.4. The molecule has 4 aliphatic carbocycles. The number of fused-ring (bicyclic) bond motifs is 5. The Balaban J connectivity index is 1.71. The summed E-state index contributed by atoms with van der Waals surface area (Å²) in [6.07, 6.45) is 10.2. The third kappa shape index (κ3) is 3.54. The van der Waals surface area contributed by atoms with Crippen molar-refractivity contribution in [2.75, 3.05) is 0 Å². The summed E-state index contributed by atoms with van der Waals surface area (Å²) in [6, 6.07) is 0. The van der Waals surface area contributed by atoms with Crippen molar-refractivity contribution in [1.29, 1.82) is 0 Å². The van der Waals surface area contributed by atoms with Crippen molar-refractivity contribution in [2.24, 2.45) is 45.3 Å². The van der Waals surface area contributed by atoms with E-state index in [1.807, 2.05) is 0 Å². The fourth-order valence-electron chi connectivity index (χ4n) is 10.1. The van der Waals surface area contributed by atoms with Crippen molar-refractivity contribution in [3.63, 3.8) is 0 Å². The van der Waals surface area contributed by atoms with Crippen LogP contribution < -0.4 is 0 Å². The lowest BCUT2D eigenvalue weighted by atomic mass is 9.34. The first-order valence-corrected chi connectivity index (χ1v) is 13.5. The summed E-state index contributed by atoms with van der Waals surface area (Å²) >= 11 is 0. The standard InChI is InChI=1S/C30H50O3/c1-18(2)10-9-11-19(3)20-12-15-29(7)25(20)21(31)16-23-28(6)14-13-24(33)27(4,5)26(28)22(32)17-30(23,29)8/h10-11,20-26,31-33H,9,12-17H2,1-8H3/t20-,21-,22+,23-,24+,25+,26?,28-,29+,30-/m1/s1. The third-order valence-electron chi connectivity index (χ3n) is 11.8. The van der Waals surface area contributed by atoms with E-state index in [1.54, 1.807) is 0 Å². The van der Waals surface area contributed by atoms with Gasteiger partial charge >= 0.3 is 0 Å². The highest BCUT2D eigenvalue weighted by Crippen LogP contribution is 2.75. The molecule has 0 amide bonds. The number of aliphatic hydroxyl groups excluding tert-OH is 3. The summed E-state index contributed by atoms with van der Waals surface area (Å²) in [5, 5.41) is 34.3. The van der Waals surface area contributed by atoms with E-state index in [0.717, 1.165) is 44.9 Å². The van der Waals surface area contributed by atoms with E-state index in [9.17, 15) is 15.3 Å². The topological polar surface area (TPSA) is 60.7 Å². The fraction of sp³-hybridized carbons (Fsp3) is 0.867. The number of aliphatic hydroxyl groups is 3. The Morgan fingerprint density at radius 2 is 1.52 bits per heavy atom. The van der Waals surface area contributed by atoms with E-state index in [4.69, 9.17) is 0 Å². The van der Waals surface area contributed by atoms with Gasteiger partial charge in [0, 0.05) is 0 Å². The second-order valence-electron chi connectivity index (χ2n) is 14.0. The lowest BCUT2D eigenvalue weighted by Crippen LogP contribution is -2.69. The van der Waals surface area contributed by atoms with Gasteiger partial charge in [-0.25, -0.2) is 0 Å². The van der Waals surface area contributed by atoms with E-state index in [0.29, 0.717) is 11.8 Å². The molecule has 0 aromatic carbocycles. The molecule has 3 nitrogen and oxygen atoms in total. The van der Waals surface area contributed by atoms with Crippen molar-refractivity contribution >= 4 is 0 Å². The van der Waals surface area contributed by atoms with Gasteiger partial charge in [-0.1, -0.05) is 57.9 Å². The minimum Gasteiger partial charge on any atom is -0.393 e. The van der Waals surface area contributed by atoms with Crippen molar-refractivity contribution in [3.8, 4) is 0 Å². The number of rotatable bonds is 3. The average molecular weight is 459 g/mol. The molecule has 0 radical (unpaired) electrons. The average Bonchev–Trinajstić information content (AvgIpc) is 3.07. The molecule has 4 aliphatic rings. The number of hydrogen-bond donors (Lipinski definition) is 3. The van der Waals surface area contributed by atoms with E-state index >= 15 is 0 Å². The van der Waals surface area contributed by atoms with Crippen molar-refractivity contribution in [1.82, 2.24) is 0 Å². The molecule has 0 heterocycles. The van der Waals surface area contributed by atoms with Crippen LogP contribution in [0.4, 0.5) is 0 Å². The van der Waals surface area contributed by atoms with Gasteiger partial charge in [0.2, 0.25) is 0 Å². The molecule has 3 N–H and O–H groups in total. The predicted octanol–water partition coefficient (Wildman–Crippen LogP) is 6.28. The maximum absolute atomic E-state index is 11.7. The largest absolute Gasteiger partial charge is 0.393 e. The lowest BCUT2D eigenvalue weighted by molar-refractivity contribution is -0.270. The van der Waals surface area contributed by atoms with Gasteiger partial charge in [0.25, 0.3) is 0 Å². The molecule has 188 valence electrons. The van der Waals surface area contributed by atoms with Crippen LogP contribution >= 0.6 is 0 Å². The minimum atomic E-state index is -0.401. The summed E-state index contributed by atoms with van der Waals surface area (Å²) in [4.78, 5) is 0. The van der Waals surface area contributed by atoms with Gasteiger partial charge in [-0.05, 0) is 111 Å². The van der Waals surface area contributed by atoms with E-state index < -0.39 is 6.10 Å². The highest BCUT2D eigenvalue weighted by molar-refractivity contribution is 5.24. The smallest absolute Gasteiger partial charge is 0.0595 e. The first kappa shape index (κ1) is 25.5. The molecular formula is C30H50O3. The van der Waals surface area contributed by atoms with Gasteiger partial charge in [0.15, 0.2) is 0 Å². The molecule has 4 fully saturated rings. The van der Waals surface area contributed by atoms with Gasteiger partial charge in [-0.2, -0.15) is 0 Å². The first-order chi connectivity index (χ1) is 15.2. The Hall–Kier alpha value is -0.640. The van der Waals surface area contributed by atoms with Crippen LogP contribution in [0.5, 0.6) is 0 Å². The summed E-state index contributed by atoms with van der Waals surface area (Å²) in [5.74, 6) is 1.13. The summed E-state index contributed by atoms with van der Waals surface area (Å²) in [7, 11) is 0. The molecular weight excluding hydrogens is 408 g/mol. The van der Waals surface area contributed by atoms with Crippen molar-refractivity contribution < 1.29 is 15.3 Å². The molecule has 0 spiro atoms. The quantitative estimate of drug-likeness (QED) is 0.436. The number of allylic oxidation sites excluding steroid dienone is 4. The number of hydrogen-bond acceptors (Lipinski definition) is 3. The zero-order valence-corrected chi connectivity index (χ0v) is 22.5. The zero-order valence-electron chi connectivity index (χ0n) is 22.5. The van der Waals surface area contributed by atoms with Crippen LogP contribution in [0, 0.1) is 45.3 Å². The van der Waals surface area contributed by atoms with Crippen LogP contribution in [0.3, 0.4) is 0 Å². The van der Waals surface area contributed by atoms with Crippen molar-refractivity contribution in [3.05, 3.63) is 23.3 Å². The summed E-state index contributed by atoms with van der Waals surface area (Å²) < 4.78 is 0. The fourth-order valence-corrected chi connectivity index (χ4v) is 10.1. The highest BCUT2D eigenvalue weighted by Gasteiger charge is 2.72. The molecule has 1 unspecified atom stereocenters. The highest BCUT2D eigenvalue weighted by atomic mass is 16.3. The van der Waals surface area contributed by atoms with Gasteiger partial charge in [-0.3, -0.25) is 0 Å². The summed E-state index contributed by atoms with van der Waals surface area (Å²) in [5.41, 5.74) is 2.43. The molecule has 0 bridgehead atoms. The lowest BCUT2D eigenvalue weighted by Gasteiger charge is -2.71. The van der Waals surface area contributed by atoms with E-state index in [2.05, 4.69) is 67.5 Å². The van der Waals surface area contributed by atoms with Gasteiger partial charge < -0.3 is 15.3 Å². The molecule has 4 rings (SSSR count). The van der Waals surface area contributed by atoms with Crippen molar-refractivity contribution in [2.45, 2.75) is 119 Å². The zero-order chi connectivity index (χ0) is 24.6. The molecule has 4 saturated carbocycles. The monoisotopic (exact) mass is 458 g/mol. The molecule has 3 heteroatoms. The second kappa shape index (κ2) is 8.20. The Labute approximate surface area is 202 Å². The van der Waals surface area contributed by atoms with Gasteiger partial charge in [0.1, 0.15) is 0 Å². The van der Waals surface area contributed by atoms with Crippen LogP contribution in [0.25, 0.3) is 0 Å². The molecule has 0 aliphatic heterocycles. The molecule has 0 aromatic rings.